The van der Waals surface area contributed by atoms with E-state index >= 15 is 0 Å². The zero-order valence-electron chi connectivity index (χ0n) is 16.6. The molecule has 0 amide bonds. The molecular weight excluding hydrogens is 378 g/mol. The van der Waals surface area contributed by atoms with Crippen molar-refractivity contribution >= 4 is 11.5 Å². The number of phenols is 1. The SMILES string of the molecule is COc1cc2c(cc1OC)C1=C(O)c3c(O)cc(OC)c(OC)c3C(O)N1CC2. The average molecular weight is 401 g/mol. The number of nitrogens with zero attached hydrogens (tertiary/aromatic N) is 1. The average Bonchev–Trinajstić information content (AvgIpc) is 2.74. The summed E-state index contributed by atoms with van der Waals surface area (Å²) in [6.45, 7) is 0.448. The summed E-state index contributed by atoms with van der Waals surface area (Å²) >= 11 is 0. The summed E-state index contributed by atoms with van der Waals surface area (Å²) < 4.78 is 21.5. The fraction of sp³-hybridized carbons (Fsp3) is 0.333. The minimum absolute atomic E-state index is 0.115. The summed E-state index contributed by atoms with van der Waals surface area (Å²) in [6, 6.07) is 4.98. The largest absolute Gasteiger partial charge is 0.507 e. The van der Waals surface area contributed by atoms with E-state index in [1.807, 2.05) is 6.07 Å². The first-order valence-electron chi connectivity index (χ1n) is 9.08. The third-order valence-corrected chi connectivity index (χ3v) is 5.47. The topological polar surface area (TPSA) is 101 Å². The molecule has 2 aromatic rings. The zero-order chi connectivity index (χ0) is 20.9. The fourth-order valence-corrected chi connectivity index (χ4v) is 4.14. The lowest BCUT2D eigenvalue weighted by atomic mass is 9.87. The quantitative estimate of drug-likeness (QED) is 0.719. The van der Waals surface area contributed by atoms with Gasteiger partial charge in [-0.1, -0.05) is 0 Å². The number of rotatable bonds is 4. The van der Waals surface area contributed by atoms with Crippen molar-refractivity contribution in [3.8, 4) is 28.7 Å². The predicted octanol–water partition coefficient (Wildman–Crippen LogP) is 2.67. The highest BCUT2D eigenvalue weighted by molar-refractivity contribution is 5.93. The molecule has 3 N–H and O–H groups in total. The normalized spacial score (nSPS) is 17.3. The van der Waals surface area contributed by atoms with Crippen molar-refractivity contribution in [2.45, 2.75) is 12.6 Å². The Morgan fingerprint density at radius 2 is 1.55 bits per heavy atom. The van der Waals surface area contributed by atoms with Crippen LogP contribution >= 0.6 is 0 Å². The van der Waals surface area contributed by atoms with Gasteiger partial charge in [0.25, 0.3) is 0 Å². The minimum atomic E-state index is -1.15. The van der Waals surface area contributed by atoms with E-state index < -0.39 is 6.23 Å². The van der Waals surface area contributed by atoms with Crippen LogP contribution in [0.3, 0.4) is 0 Å². The molecule has 0 saturated heterocycles. The molecule has 0 radical (unpaired) electrons. The maximum Gasteiger partial charge on any atom is 0.169 e. The lowest BCUT2D eigenvalue weighted by molar-refractivity contribution is 0.0369. The van der Waals surface area contributed by atoms with Crippen molar-refractivity contribution in [2.24, 2.45) is 0 Å². The van der Waals surface area contributed by atoms with E-state index in [4.69, 9.17) is 18.9 Å². The highest BCUT2D eigenvalue weighted by Gasteiger charge is 2.40. The van der Waals surface area contributed by atoms with Crippen LogP contribution in [-0.2, 0) is 6.42 Å². The van der Waals surface area contributed by atoms with E-state index in [0.29, 0.717) is 35.7 Å². The minimum Gasteiger partial charge on any atom is -0.507 e. The first kappa shape index (κ1) is 19.1. The number of aliphatic hydroxyl groups excluding tert-OH is 2. The van der Waals surface area contributed by atoms with Crippen molar-refractivity contribution in [1.82, 2.24) is 4.90 Å². The summed E-state index contributed by atoms with van der Waals surface area (Å²) in [5.41, 5.74) is 2.43. The number of benzene rings is 2. The Bertz CT molecular complexity index is 1010. The van der Waals surface area contributed by atoms with Gasteiger partial charge in [0.15, 0.2) is 35.0 Å². The lowest BCUT2D eigenvalue weighted by Crippen LogP contribution is -2.37. The molecule has 1 unspecified atom stereocenters. The summed E-state index contributed by atoms with van der Waals surface area (Å²) in [7, 11) is 5.99. The van der Waals surface area contributed by atoms with Gasteiger partial charge >= 0.3 is 0 Å². The Balaban J connectivity index is 2.02. The predicted molar refractivity (Wildman–Crippen MR) is 106 cm³/mol. The van der Waals surface area contributed by atoms with Gasteiger partial charge in [0, 0.05) is 18.2 Å². The zero-order valence-corrected chi connectivity index (χ0v) is 16.6. The van der Waals surface area contributed by atoms with Crippen LogP contribution in [0.25, 0.3) is 11.5 Å². The van der Waals surface area contributed by atoms with Gasteiger partial charge in [0.05, 0.1) is 45.3 Å². The number of hydrogen-bond acceptors (Lipinski definition) is 8. The Hall–Kier alpha value is -3.26. The molecule has 2 aliphatic rings. The van der Waals surface area contributed by atoms with Gasteiger partial charge in [0.1, 0.15) is 5.75 Å². The van der Waals surface area contributed by atoms with Crippen molar-refractivity contribution in [3.05, 3.63) is 40.5 Å². The number of methoxy groups -OCH3 is 4. The Kier molecular flexibility index (Phi) is 4.58. The lowest BCUT2D eigenvalue weighted by Gasteiger charge is -2.41. The van der Waals surface area contributed by atoms with Crippen LogP contribution in [0.5, 0.6) is 28.7 Å². The maximum atomic E-state index is 11.2. The van der Waals surface area contributed by atoms with Gasteiger partial charge in [-0.2, -0.15) is 0 Å². The number of aliphatic hydroxyl groups is 2. The number of ether oxygens (including phenoxy) is 4. The van der Waals surface area contributed by atoms with Crippen molar-refractivity contribution in [2.75, 3.05) is 35.0 Å². The molecule has 0 saturated carbocycles. The molecular formula is C21H23NO7. The van der Waals surface area contributed by atoms with Crippen LogP contribution in [0, 0.1) is 0 Å². The Morgan fingerprint density at radius 3 is 2.17 bits per heavy atom. The monoisotopic (exact) mass is 401 g/mol. The second-order valence-corrected chi connectivity index (χ2v) is 6.80. The van der Waals surface area contributed by atoms with Crippen LogP contribution in [0.2, 0.25) is 0 Å². The molecule has 1 atom stereocenters. The Morgan fingerprint density at radius 1 is 0.897 bits per heavy atom. The van der Waals surface area contributed by atoms with E-state index in [-0.39, 0.29) is 34.1 Å². The number of phenolic OH excluding ortho intramolecular Hbond substituents is 1. The van der Waals surface area contributed by atoms with Crippen LogP contribution in [0.1, 0.15) is 28.5 Å². The molecule has 0 spiro atoms. The first-order valence-corrected chi connectivity index (χ1v) is 9.08. The summed E-state index contributed by atoms with van der Waals surface area (Å²) in [4.78, 5) is 1.67. The second kappa shape index (κ2) is 6.97. The third-order valence-electron chi connectivity index (χ3n) is 5.47. The van der Waals surface area contributed by atoms with Gasteiger partial charge in [0.2, 0.25) is 0 Å². The van der Waals surface area contributed by atoms with Gasteiger partial charge in [-0.05, 0) is 24.1 Å². The molecule has 2 aromatic carbocycles. The van der Waals surface area contributed by atoms with Crippen LogP contribution in [-0.4, -0.2) is 55.2 Å². The van der Waals surface area contributed by atoms with Crippen molar-refractivity contribution < 1.29 is 34.3 Å². The van der Waals surface area contributed by atoms with Crippen molar-refractivity contribution in [1.29, 1.82) is 0 Å². The molecule has 4 rings (SSSR count). The van der Waals surface area contributed by atoms with Crippen LogP contribution < -0.4 is 18.9 Å². The number of aromatic hydroxyl groups is 1. The smallest absolute Gasteiger partial charge is 0.169 e. The van der Waals surface area contributed by atoms with Crippen LogP contribution in [0.15, 0.2) is 18.2 Å². The van der Waals surface area contributed by atoms with E-state index in [9.17, 15) is 15.3 Å². The molecule has 2 heterocycles. The molecule has 29 heavy (non-hydrogen) atoms. The molecule has 154 valence electrons. The second-order valence-electron chi connectivity index (χ2n) is 6.80. The van der Waals surface area contributed by atoms with E-state index in [1.54, 1.807) is 18.1 Å². The summed E-state index contributed by atoms with van der Waals surface area (Å²) in [6.07, 6.45) is -0.523. The molecule has 0 aromatic heterocycles. The Labute approximate surface area is 168 Å². The first-order chi connectivity index (χ1) is 14.0. The molecule has 0 bridgehead atoms. The summed E-state index contributed by atoms with van der Waals surface area (Å²) in [5.74, 6) is 1.25. The molecule has 0 fully saturated rings. The van der Waals surface area contributed by atoms with Gasteiger partial charge in [-0.15, -0.1) is 0 Å². The molecule has 0 aliphatic carbocycles. The van der Waals surface area contributed by atoms with Crippen molar-refractivity contribution in [3.63, 3.8) is 0 Å². The third kappa shape index (κ3) is 2.63. The number of hydrogen-bond donors (Lipinski definition) is 3. The standard InChI is InChI=1S/C21H23NO7/c1-26-13-7-10-5-6-22-18(11(10)8-14(13)27-2)19(24)16-12(23)9-15(28-3)20(29-4)17(16)21(22)25/h7-9,21,23-25H,5-6H2,1-4H3. The van der Waals surface area contributed by atoms with E-state index in [0.717, 1.165) is 5.56 Å². The molecule has 8 heteroatoms. The van der Waals surface area contributed by atoms with Gasteiger partial charge in [-0.25, -0.2) is 0 Å². The fourth-order valence-electron chi connectivity index (χ4n) is 4.14. The summed E-state index contributed by atoms with van der Waals surface area (Å²) in [5, 5.41) is 32.9. The van der Waals surface area contributed by atoms with Crippen LogP contribution in [0.4, 0.5) is 0 Å². The number of fused-ring (bicyclic) bond motifs is 4. The molecule has 8 nitrogen and oxygen atoms in total. The highest BCUT2D eigenvalue weighted by atomic mass is 16.5. The van der Waals surface area contributed by atoms with Gasteiger partial charge in [-0.3, -0.25) is 0 Å². The van der Waals surface area contributed by atoms with E-state index in [2.05, 4.69) is 0 Å². The molecule has 2 aliphatic heterocycles. The van der Waals surface area contributed by atoms with E-state index in [1.165, 1.54) is 27.4 Å². The highest BCUT2D eigenvalue weighted by Crippen LogP contribution is 2.53. The van der Waals surface area contributed by atoms with Gasteiger partial charge < -0.3 is 39.2 Å². The maximum absolute atomic E-state index is 11.2.